The van der Waals surface area contributed by atoms with Gasteiger partial charge < -0.3 is 14.5 Å². The first-order valence-corrected chi connectivity index (χ1v) is 9.98. The summed E-state index contributed by atoms with van der Waals surface area (Å²) in [5, 5.41) is 0. The Labute approximate surface area is 160 Å². The number of hydrogen-bond acceptors (Lipinski definition) is 5. The molecule has 0 bridgehead atoms. The van der Waals surface area contributed by atoms with Crippen molar-refractivity contribution in [3.63, 3.8) is 0 Å². The molecule has 1 aromatic heterocycles. The van der Waals surface area contributed by atoms with E-state index in [2.05, 4.69) is 9.97 Å². The van der Waals surface area contributed by atoms with E-state index >= 15 is 0 Å². The van der Waals surface area contributed by atoms with Crippen molar-refractivity contribution in [3.8, 4) is 0 Å². The summed E-state index contributed by atoms with van der Waals surface area (Å²) in [4.78, 5) is 37.5. The third-order valence-electron chi connectivity index (χ3n) is 6.29. The summed E-state index contributed by atoms with van der Waals surface area (Å²) in [7, 11) is 1.66. The van der Waals surface area contributed by atoms with E-state index in [4.69, 9.17) is 4.74 Å². The van der Waals surface area contributed by atoms with Crippen LogP contribution in [0.4, 0.5) is 0 Å². The minimum Gasteiger partial charge on any atom is -0.383 e. The van der Waals surface area contributed by atoms with Crippen molar-refractivity contribution in [2.75, 3.05) is 39.9 Å². The quantitative estimate of drug-likeness (QED) is 0.788. The number of aromatic nitrogens is 2. The standard InChI is InChI=1S/C20H28N4O3/c1-27-11-10-24-14-20(5-4-17(24)25)6-8-23(9-7-20)19(26)16-12-21-18(22-13-16)15-2-3-15/h12-13,15H,2-11,14H2,1H3. The number of piperidine rings is 2. The molecule has 0 aromatic carbocycles. The largest absolute Gasteiger partial charge is 0.383 e. The number of amides is 2. The zero-order chi connectivity index (χ0) is 18.9. The Kier molecular flexibility index (Phi) is 5.12. The molecular formula is C20H28N4O3. The van der Waals surface area contributed by atoms with Crippen molar-refractivity contribution in [3.05, 3.63) is 23.8 Å². The van der Waals surface area contributed by atoms with E-state index in [1.807, 2.05) is 9.80 Å². The van der Waals surface area contributed by atoms with Crippen molar-refractivity contribution >= 4 is 11.8 Å². The number of ether oxygens (including phenoxy) is 1. The second-order valence-corrected chi connectivity index (χ2v) is 8.20. The summed E-state index contributed by atoms with van der Waals surface area (Å²) in [5.74, 6) is 1.62. The number of methoxy groups -OCH3 is 1. The van der Waals surface area contributed by atoms with Gasteiger partial charge in [-0.05, 0) is 37.5 Å². The Hall–Kier alpha value is -2.02. The minimum absolute atomic E-state index is 0.0234. The molecule has 27 heavy (non-hydrogen) atoms. The third kappa shape index (κ3) is 3.98. The van der Waals surface area contributed by atoms with E-state index in [1.165, 1.54) is 0 Å². The van der Waals surface area contributed by atoms with Gasteiger partial charge in [0, 0.05) is 58.0 Å². The van der Waals surface area contributed by atoms with Crippen molar-refractivity contribution < 1.29 is 14.3 Å². The average Bonchev–Trinajstić information content (AvgIpc) is 3.54. The molecule has 4 rings (SSSR count). The van der Waals surface area contributed by atoms with Crippen LogP contribution in [0.25, 0.3) is 0 Å². The maximum absolute atomic E-state index is 12.8. The molecule has 0 atom stereocenters. The molecule has 3 fully saturated rings. The molecule has 3 aliphatic rings. The van der Waals surface area contributed by atoms with Crippen LogP contribution in [-0.2, 0) is 9.53 Å². The average molecular weight is 372 g/mol. The van der Waals surface area contributed by atoms with E-state index in [-0.39, 0.29) is 17.2 Å². The SMILES string of the molecule is COCCN1CC2(CCC1=O)CCN(C(=O)c1cnc(C3CC3)nc1)CC2. The fourth-order valence-corrected chi connectivity index (χ4v) is 4.28. The maximum atomic E-state index is 12.8. The highest BCUT2D eigenvalue weighted by molar-refractivity contribution is 5.93. The van der Waals surface area contributed by atoms with Gasteiger partial charge in [-0.2, -0.15) is 0 Å². The van der Waals surface area contributed by atoms with Crippen molar-refractivity contribution in [1.29, 1.82) is 0 Å². The molecule has 1 aromatic rings. The van der Waals surface area contributed by atoms with Gasteiger partial charge >= 0.3 is 0 Å². The molecule has 0 radical (unpaired) electrons. The summed E-state index contributed by atoms with van der Waals surface area (Å²) in [6.45, 7) is 3.48. The molecule has 0 unspecified atom stereocenters. The number of carbonyl (C=O) groups is 2. The lowest BCUT2D eigenvalue weighted by Gasteiger charge is -2.47. The fraction of sp³-hybridized carbons (Fsp3) is 0.700. The van der Waals surface area contributed by atoms with Gasteiger partial charge in [-0.3, -0.25) is 9.59 Å². The zero-order valence-corrected chi connectivity index (χ0v) is 16.0. The van der Waals surface area contributed by atoms with Gasteiger partial charge in [-0.1, -0.05) is 0 Å². The van der Waals surface area contributed by atoms with Crippen LogP contribution in [-0.4, -0.2) is 71.5 Å². The van der Waals surface area contributed by atoms with E-state index in [1.54, 1.807) is 19.5 Å². The van der Waals surface area contributed by atoms with E-state index in [0.29, 0.717) is 31.1 Å². The Bertz CT molecular complexity index is 694. The predicted molar refractivity (Wildman–Crippen MR) is 99.3 cm³/mol. The van der Waals surface area contributed by atoms with Gasteiger partial charge in [0.15, 0.2) is 0 Å². The predicted octanol–water partition coefficient (Wildman–Crippen LogP) is 1.85. The second-order valence-electron chi connectivity index (χ2n) is 8.20. The number of rotatable bonds is 5. The highest BCUT2D eigenvalue weighted by Crippen LogP contribution is 2.40. The lowest BCUT2D eigenvalue weighted by Crippen LogP contribution is -2.52. The normalized spacial score (nSPS) is 22.3. The zero-order valence-electron chi connectivity index (χ0n) is 16.0. The molecule has 1 aliphatic carbocycles. The molecule has 1 saturated carbocycles. The molecule has 1 spiro atoms. The molecule has 2 saturated heterocycles. The number of nitrogens with zero attached hydrogens (tertiary/aromatic N) is 4. The Morgan fingerprint density at radius 2 is 1.93 bits per heavy atom. The van der Waals surface area contributed by atoms with Gasteiger partial charge in [-0.15, -0.1) is 0 Å². The smallest absolute Gasteiger partial charge is 0.256 e. The summed E-state index contributed by atoms with van der Waals surface area (Å²) in [6.07, 6.45) is 9.09. The van der Waals surface area contributed by atoms with E-state index < -0.39 is 0 Å². The molecule has 3 heterocycles. The van der Waals surface area contributed by atoms with Crippen molar-refractivity contribution in [2.24, 2.45) is 5.41 Å². The van der Waals surface area contributed by atoms with Gasteiger partial charge in [-0.25, -0.2) is 9.97 Å². The molecular weight excluding hydrogens is 344 g/mol. The molecule has 0 N–H and O–H groups in total. The lowest BCUT2D eigenvalue weighted by molar-refractivity contribution is -0.139. The van der Waals surface area contributed by atoms with Gasteiger partial charge in [0.1, 0.15) is 5.82 Å². The topological polar surface area (TPSA) is 75.6 Å². The molecule has 146 valence electrons. The molecule has 7 heteroatoms. The van der Waals surface area contributed by atoms with E-state index in [0.717, 1.165) is 57.6 Å². The van der Waals surface area contributed by atoms with Crippen LogP contribution in [0, 0.1) is 5.41 Å². The minimum atomic E-state index is 0.0234. The number of carbonyl (C=O) groups excluding carboxylic acids is 2. The van der Waals surface area contributed by atoms with Crippen LogP contribution in [0.5, 0.6) is 0 Å². The van der Waals surface area contributed by atoms with Crippen LogP contribution < -0.4 is 0 Å². The molecule has 2 aliphatic heterocycles. The van der Waals surface area contributed by atoms with Gasteiger partial charge in [0.2, 0.25) is 5.91 Å². The molecule has 2 amide bonds. The van der Waals surface area contributed by atoms with Crippen LogP contribution in [0.15, 0.2) is 12.4 Å². The van der Waals surface area contributed by atoms with Crippen LogP contribution in [0.3, 0.4) is 0 Å². The third-order valence-corrected chi connectivity index (χ3v) is 6.29. The highest BCUT2D eigenvalue weighted by Gasteiger charge is 2.41. The number of likely N-dealkylation sites (tertiary alicyclic amines) is 2. The Morgan fingerprint density at radius 1 is 1.22 bits per heavy atom. The highest BCUT2D eigenvalue weighted by atomic mass is 16.5. The van der Waals surface area contributed by atoms with Crippen molar-refractivity contribution in [2.45, 2.75) is 44.4 Å². The second kappa shape index (κ2) is 7.54. The van der Waals surface area contributed by atoms with Crippen LogP contribution in [0.1, 0.15) is 60.6 Å². The fourth-order valence-electron chi connectivity index (χ4n) is 4.28. The molecule has 7 nitrogen and oxygen atoms in total. The summed E-state index contributed by atoms with van der Waals surface area (Å²) >= 11 is 0. The van der Waals surface area contributed by atoms with Gasteiger partial charge in [0.25, 0.3) is 5.91 Å². The summed E-state index contributed by atoms with van der Waals surface area (Å²) < 4.78 is 5.13. The lowest BCUT2D eigenvalue weighted by atomic mass is 9.72. The first-order valence-electron chi connectivity index (χ1n) is 9.98. The Balaban J connectivity index is 1.35. The Morgan fingerprint density at radius 3 is 2.56 bits per heavy atom. The van der Waals surface area contributed by atoms with E-state index in [9.17, 15) is 9.59 Å². The summed E-state index contributed by atoms with van der Waals surface area (Å²) in [5.41, 5.74) is 0.723. The van der Waals surface area contributed by atoms with Gasteiger partial charge in [0.05, 0.1) is 12.2 Å². The maximum Gasteiger partial charge on any atom is 0.256 e. The number of hydrogen-bond donors (Lipinski definition) is 0. The monoisotopic (exact) mass is 372 g/mol. The first-order chi connectivity index (χ1) is 13.1. The van der Waals surface area contributed by atoms with Crippen molar-refractivity contribution in [1.82, 2.24) is 19.8 Å². The first kappa shape index (κ1) is 18.3. The van der Waals surface area contributed by atoms with Crippen LogP contribution >= 0.6 is 0 Å². The summed E-state index contributed by atoms with van der Waals surface area (Å²) in [6, 6.07) is 0. The van der Waals surface area contributed by atoms with Crippen LogP contribution in [0.2, 0.25) is 0 Å².